The van der Waals surface area contributed by atoms with Crippen molar-refractivity contribution in [1.82, 2.24) is 9.55 Å². The number of H-pyrrole nitrogens is 1. The minimum Gasteiger partial charge on any atom is -0.461 e. The van der Waals surface area contributed by atoms with Crippen LogP contribution in [0.2, 0.25) is 0 Å². The van der Waals surface area contributed by atoms with Crippen molar-refractivity contribution in [3.8, 4) is 0 Å². The SMILES string of the molecule is Cn1c(=O)[nH]c(=O)c2cc(C(=O)OCCC(c3ccccc3)c3ccccc3)sc21. The first-order valence-corrected chi connectivity index (χ1v) is 10.4. The minimum atomic E-state index is -0.511. The molecule has 0 aliphatic heterocycles. The summed E-state index contributed by atoms with van der Waals surface area (Å²) in [7, 11) is 1.55. The predicted molar refractivity (Wildman–Crippen MR) is 117 cm³/mol. The molecule has 0 saturated carbocycles. The van der Waals surface area contributed by atoms with Crippen molar-refractivity contribution in [2.75, 3.05) is 6.61 Å². The monoisotopic (exact) mass is 420 g/mol. The average molecular weight is 420 g/mol. The summed E-state index contributed by atoms with van der Waals surface area (Å²) in [4.78, 5) is 39.3. The average Bonchev–Trinajstić information content (AvgIpc) is 3.23. The molecule has 30 heavy (non-hydrogen) atoms. The number of nitrogens with zero attached hydrogens (tertiary/aromatic N) is 1. The first-order chi connectivity index (χ1) is 14.5. The Hall–Kier alpha value is -3.45. The van der Waals surface area contributed by atoms with Gasteiger partial charge in [-0.2, -0.15) is 0 Å². The fourth-order valence-electron chi connectivity index (χ4n) is 3.47. The third-order valence-electron chi connectivity index (χ3n) is 5.03. The molecule has 4 aromatic rings. The fourth-order valence-corrected chi connectivity index (χ4v) is 4.48. The zero-order valence-electron chi connectivity index (χ0n) is 16.3. The maximum absolute atomic E-state index is 12.6. The molecule has 152 valence electrons. The van der Waals surface area contributed by atoms with Crippen LogP contribution in [0.25, 0.3) is 10.2 Å². The van der Waals surface area contributed by atoms with Crippen LogP contribution in [0, 0.1) is 0 Å². The van der Waals surface area contributed by atoms with Crippen molar-refractivity contribution >= 4 is 27.5 Å². The number of aryl methyl sites for hydroxylation is 1. The van der Waals surface area contributed by atoms with E-state index in [-0.39, 0.29) is 12.5 Å². The second kappa shape index (κ2) is 8.51. The molecule has 0 aliphatic rings. The van der Waals surface area contributed by atoms with Gasteiger partial charge in [0.2, 0.25) is 0 Å². The number of rotatable bonds is 6. The Balaban J connectivity index is 1.51. The normalized spacial score (nSPS) is 11.1. The standard InChI is InChI=1S/C23H20N2O4S/c1-25-21-18(20(26)24-23(25)28)14-19(30-21)22(27)29-13-12-17(15-8-4-2-5-9-15)16-10-6-3-7-11-16/h2-11,14,17H,12-13H2,1H3,(H,24,26,28). The van der Waals surface area contributed by atoms with Crippen LogP contribution in [0.5, 0.6) is 0 Å². The Morgan fingerprint density at radius 3 is 2.23 bits per heavy atom. The molecule has 0 atom stereocenters. The summed E-state index contributed by atoms with van der Waals surface area (Å²) in [6.45, 7) is 0.233. The number of ether oxygens (including phenoxy) is 1. The lowest BCUT2D eigenvalue weighted by molar-refractivity contribution is 0.0502. The van der Waals surface area contributed by atoms with Gasteiger partial charge in [-0.05, 0) is 23.6 Å². The first kappa shape index (κ1) is 19.8. The molecule has 2 aromatic heterocycles. The van der Waals surface area contributed by atoms with Crippen molar-refractivity contribution in [3.05, 3.63) is 104 Å². The van der Waals surface area contributed by atoms with Crippen LogP contribution < -0.4 is 11.2 Å². The fraction of sp³-hybridized carbons (Fsp3) is 0.174. The Bertz CT molecular complexity index is 1250. The van der Waals surface area contributed by atoms with Crippen molar-refractivity contribution < 1.29 is 9.53 Å². The highest BCUT2D eigenvalue weighted by atomic mass is 32.1. The summed E-state index contributed by atoms with van der Waals surface area (Å²) in [5.41, 5.74) is 1.30. The van der Waals surface area contributed by atoms with Crippen LogP contribution in [-0.2, 0) is 11.8 Å². The molecular formula is C23H20N2O4S. The molecular weight excluding hydrogens is 400 g/mol. The topological polar surface area (TPSA) is 81.2 Å². The molecule has 0 radical (unpaired) electrons. The molecule has 7 heteroatoms. The van der Waals surface area contributed by atoms with Gasteiger partial charge in [0.15, 0.2) is 0 Å². The number of esters is 1. The molecule has 0 unspecified atom stereocenters. The molecule has 0 amide bonds. The Morgan fingerprint density at radius 1 is 1.03 bits per heavy atom. The number of carbonyl (C=O) groups excluding carboxylic acids is 1. The molecule has 4 rings (SSSR count). The number of aromatic nitrogens is 2. The van der Waals surface area contributed by atoms with Crippen LogP contribution >= 0.6 is 11.3 Å². The zero-order chi connectivity index (χ0) is 21.1. The summed E-state index contributed by atoms with van der Waals surface area (Å²) in [6.07, 6.45) is 0.629. The summed E-state index contributed by atoms with van der Waals surface area (Å²) in [5.74, 6) is -0.394. The van der Waals surface area contributed by atoms with Crippen LogP contribution in [0.1, 0.15) is 33.1 Å². The van der Waals surface area contributed by atoms with Gasteiger partial charge in [0.05, 0.1) is 12.0 Å². The van der Waals surface area contributed by atoms with E-state index in [9.17, 15) is 14.4 Å². The van der Waals surface area contributed by atoms with E-state index in [1.54, 1.807) is 7.05 Å². The maximum atomic E-state index is 12.6. The maximum Gasteiger partial charge on any atom is 0.348 e. The summed E-state index contributed by atoms with van der Waals surface area (Å²) < 4.78 is 6.83. The number of benzene rings is 2. The quantitative estimate of drug-likeness (QED) is 0.483. The Labute approximate surface area is 176 Å². The highest BCUT2D eigenvalue weighted by molar-refractivity contribution is 7.20. The van der Waals surface area contributed by atoms with Crippen LogP contribution in [0.4, 0.5) is 0 Å². The Kier molecular flexibility index (Phi) is 5.63. The van der Waals surface area contributed by atoms with E-state index >= 15 is 0 Å². The molecule has 1 N–H and O–H groups in total. The molecule has 0 saturated heterocycles. The number of thiophene rings is 1. The van der Waals surface area contributed by atoms with Crippen molar-refractivity contribution in [2.45, 2.75) is 12.3 Å². The van der Waals surface area contributed by atoms with Gasteiger partial charge < -0.3 is 4.74 Å². The lowest BCUT2D eigenvalue weighted by atomic mass is 9.89. The van der Waals surface area contributed by atoms with Gasteiger partial charge in [-0.15, -0.1) is 11.3 Å². The molecule has 2 aromatic carbocycles. The van der Waals surface area contributed by atoms with E-state index in [4.69, 9.17) is 4.74 Å². The number of hydrogen-bond donors (Lipinski definition) is 1. The van der Waals surface area contributed by atoms with Crippen LogP contribution in [0.15, 0.2) is 76.3 Å². The lowest BCUT2D eigenvalue weighted by Crippen LogP contribution is -2.27. The van der Waals surface area contributed by atoms with E-state index in [1.165, 1.54) is 10.6 Å². The van der Waals surface area contributed by atoms with Gasteiger partial charge in [-0.1, -0.05) is 60.7 Å². The number of carbonyl (C=O) groups is 1. The third kappa shape index (κ3) is 3.97. The molecule has 0 spiro atoms. The zero-order valence-corrected chi connectivity index (χ0v) is 17.1. The van der Waals surface area contributed by atoms with E-state index in [1.807, 2.05) is 36.4 Å². The smallest absolute Gasteiger partial charge is 0.348 e. The second-order valence-electron chi connectivity index (χ2n) is 6.95. The number of nitrogens with one attached hydrogen (secondary N) is 1. The van der Waals surface area contributed by atoms with E-state index < -0.39 is 17.2 Å². The van der Waals surface area contributed by atoms with Gasteiger partial charge in [0, 0.05) is 13.0 Å². The van der Waals surface area contributed by atoms with E-state index in [0.717, 1.165) is 22.5 Å². The highest BCUT2D eigenvalue weighted by Crippen LogP contribution is 2.28. The van der Waals surface area contributed by atoms with Crippen molar-refractivity contribution in [1.29, 1.82) is 0 Å². The van der Waals surface area contributed by atoms with Crippen LogP contribution in [-0.4, -0.2) is 22.1 Å². The first-order valence-electron chi connectivity index (χ1n) is 9.54. The summed E-state index contributed by atoms with van der Waals surface area (Å²) in [6, 6.07) is 21.7. The molecule has 0 fully saturated rings. The van der Waals surface area contributed by atoms with Gasteiger partial charge in [-0.25, -0.2) is 9.59 Å². The van der Waals surface area contributed by atoms with Gasteiger partial charge in [0.1, 0.15) is 9.71 Å². The van der Waals surface area contributed by atoms with Gasteiger partial charge in [0.25, 0.3) is 5.56 Å². The molecule has 2 heterocycles. The van der Waals surface area contributed by atoms with Crippen LogP contribution in [0.3, 0.4) is 0 Å². The lowest BCUT2D eigenvalue weighted by Gasteiger charge is -2.18. The van der Waals surface area contributed by atoms with E-state index in [0.29, 0.717) is 21.5 Å². The number of fused-ring (bicyclic) bond motifs is 1. The van der Waals surface area contributed by atoms with Crippen molar-refractivity contribution in [2.24, 2.45) is 7.05 Å². The summed E-state index contributed by atoms with van der Waals surface area (Å²) in [5, 5.41) is 0.306. The van der Waals surface area contributed by atoms with Crippen molar-refractivity contribution in [3.63, 3.8) is 0 Å². The molecule has 0 bridgehead atoms. The van der Waals surface area contributed by atoms with Gasteiger partial charge >= 0.3 is 11.7 Å². The number of hydrogen-bond acceptors (Lipinski definition) is 5. The Morgan fingerprint density at radius 2 is 1.63 bits per heavy atom. The molecule has 6 nitrogen and oxygen atoms in total. The predicted octanol–water partition coefficient (Wildman–Crippen LogP) is 3.67. The highest BCUT2D eigenvalue weighted by Gasteiger charge is 2.18. The third-order valence-corrected chi connectivity index (χ3v) is 6.22. The summed E-state index contributed by atoms with van der Waals surface area (Å²) >= 11 is 1.08. The second-order valence-corrected chi connectivity index (χ2v) is 7.98. The largest absolute Gasteiger partial charge is 0.461 e. The number of aromatic amines is 1. The van der Waals surface area contributed by atoms with E-state index in [2.05, 4.69) is 29.2 Å². The molecule has 0 aliphatic carbocycles. The van der Waals surface area contributed by atoms with Gasteiger partial charge in [-0.3, -0.25) is 14.3 Å². The minimum absolute atomic E-state index is 0.103.